The van der Waals surface area contributed by atoms with Gasteiger partial charge in [-0.2, -0.15) is 5.10 Å². The maximum atomic E-state index is 16.4. The summed E-state index contributed by atoms with van der Waals surface area (Å²) in [5.74, 6) is 2.68. The van der Waals surface area contributed by atoms with Gasteiger partial charge in [0.05, 0.1) is 17.3 Å². The van der Waals surface area contributed by atoms with E-state index in [1.165, 1.54) is 24.3 Å². The number of aromatic nitrogens is 3. The highest BCUT2D eigenvalue weighted by Gasteiger charge is 2.55. The number of benzene rings is 2. The first-order chi connectivity index (χ1) is 16.5. The number of fused-ring (bicyclic) bond motifs is 3. The number of nitrogens with zero attached hydrogens (tertiary/aromatic N) is 3. The number of rotatable bonds is 3. The van der Waals surface area contributed by atoms with Gasteiger partial charge in [0.15, 0.2) is 5.82 Å². The lowest BCUT2D eigenvalue weighted by atomic mass is 9.95. The molecule has 170 valence electrons. The first-order valence-electron chi connectivity index (χ1n) is 11.7. The number of hydrogen-bond donors (Lipinski definition) is 2. The van der Waals surface area contributed by atoms with Crippen LogP contribution in [0.25, 0.3) is 32.9 Å². The van der Waals surface area contributed by atoms with E-state index in [4.69, 9.17) is 11.5 Å². The van der Waals surface area contributed by atoms with Crippen LogP contribution in [0.1, 0.15) is 41.8 Å². The zero-order valence-electron chi connectivity index (χ0n) is 18.6. The van der Waals surface area contributed by atoms with Gasteiger partial charge in [-0.15, -0.1) is 6.42 Å². The molecule has 0 radical (unpaired) electrons. The minimum absolute atomic E-state index is 0.0288. The summed E-state index contributed by atoms with van der Waals surface area (Å²) >= 11 is 0. The number of piperidine rings is 1. The Morgan fingerprint density at radius 2 is 1.91 bits per heavy atom. The summed E-state index contributed by atoms with van der Waals surface area (Å²) in [6.45, 7) is 3.81. The third-order valence-electron chi connectivity index (χ3n) is 7.75. The second kappa shape index (κ2) is 6.77. The van der Waals surface area contributed by atoms with Gasteiger partial charge in [-0.1, -0.05) is 12.0 Å². The zero-order valence-corrected chi connectivity index (χ0v) is 18.6. The van der Waals surface area contributed by atoms with Gasteiger partial charge in [-0.05, 0) is 68.3 Å². The van der Waals surface area contributed by atoms with Crippen molar-refractivity contribution >= 4 is 21.7 Å². The highest BCUT2D eigenvalue weighted by molar-refractivity contribution is 6.02. The molecule has 3 atom stereocenters. The van der Waals surface area contributed by atoms with Crippen LogP contribution in [0.15, 0.2) is 24.3 Å². The molecule has 0 bridgehead atoms. The minimum Gasteiger partial charge on any atom is -0.508 e. The Balaban J connectivity index is 1.53. The Labute approximate surface area is 194 Å². The van der Waals surface area contributed by atoms with Gasteiger partial charge in [0.25, 0.3) is 0 Å². The summed E-state index contributed by atoms with van der Waals surface area (Å²) < 4.78 is 32.8. The van der Waals surface area contributed by atoms with Crippen LogP contribution >= 0.6 is 0 Å². The average molecular weight is 456 g/mol. The number of phenols is 1. The molecule has 0 spiro atoms. The quantitative estimate of drug-likeness (QED) is 0.435. The molecule has 3 aliphatic rings. The van der Waals surface area contributed by atoms with Crippen molar-refractivity contribution in [1.29, 1.82) is 0 Å². The summed E-state index contributed by atoms with van der Waals surface area (Å²) in [4.78, 5) is 4.68. The Morgan fingerprint density at radius 1 is 1.15 bits per heavy atom. The predicted molar refractivity (Wildman–Crippen MR) is 126 cm³/mol. The summed E-state index contributed by atoms with van der Waals surface area (Å²) in [7, 11) is 0. The Morgan fingerprint density at radius 3 is 2.62 bits per heavy atom. The topological polar surface area (TPSA) is 63.0 Å². The van der Waals surface area contributed by atoms with E-state index >= 15 is 4.39 Å². The number of pyridine rings is 1. The van der Waals surface area contributed by atoms with Crippen LogP contribution in [0, 0.1) is 42.7 Å². The number of terminal acetylenes is 1. The smallest absolute Gasteiger partial charge is 0.175 e. The zero-order chi connectivity index (χ0) is 23.3. The maximum Gasteiger partial charge on any atom is 0.175 e. The first kappa shape index (κ1) is 19.9. The van der Waals surface area contributed by atoms with Crippen molar-refractivity contribution < 1.29 is 13.9 Å². The van der Waals surface area contributed by atoms with Crippen LogP contribution in [0.5, 0.6) is 5.75 Å². The van der Waals surface area contributed by atoms with Crippen molar-refractivity contribution in [1.82, 2.24) is 20.1 Å². The van der Waals surface area contributed by atoms with Crippen LogP contribution in [-0.2, 0) is 0 Å². The van der Waals surface area contributed by atoms with Crippen molar-refractivity contribution in [2.75, 3.05) is 13.1 Å². The number of phenolic OH excluding ortho intramolecular Hbond substituents is 1. The molecule has 3 heterocycles. The summed E-state index contributed by atoms with van der Waals surface area (Å²) in [5, 5.41) is 20.4. The second-order valence-electron chi connectivity index (χ2n) is 9.81. The van der Waals surface area contributed by atoms with Gasteiger partial charge in [0.1, 0.15) is 22.8 Å². The average Bonchev–Trinajstić information content (AvgIpc) is 3.69. The molecule has 2 aliphatic carbocycles. The standard InChI is InChI=1S/C27H22F2N4O/c1-3-16-20(28)7-4-13-8-15(34)9-17(22(13)16)25-24(29)27-21(12(2)31-25)26(32-33(27)14-5-6-14)23-18-10-30-11-19(18)23/h1,4,7-9,14,18-19,23,30,34H,5-6,10-11H2,2H3/t18-,19+,23?. The number of halogens is 2. The van der Waals surface area contributed by atoms with Crippen molar-refractivity contribution in [3.05, 3.63) is 52.9 Å². The molecule has 0 amide bonds. The molecule has 1 aliphatic heterocycles. The molecule has 7 heteroatoms. The maximum absolute atomic E-state index is 16.4. The van der Waals surface area contributed by atoms with E-state index in [2.05, 4.69) is 16.2 Å². The molecule has 2 aromatic carbocycles. The number of aromatic hydroxyl groups is 1. The third kappa shape index (κ3) is 2.63. The van der Waals surface area contributed by atoms with E-state index < -0.39 is 11.6 Å². The van der Waals surface area contributed by atoms with E-state index in [9.17, 15) is 9.50 Å². The van der Waals surface area contributed by atoms with Crippen LogP contribution in [0.3, 0.4) is 0 Å². The van der Waals surface area contributed by atoms with Crippen LogP contribution in [-0.4, -0.2) is 33.0 Å². The van der Waals surface area contributed by atoms with Crippen molar-refractivity contribution in [3.8, 4) is 29.4 Å². The monoisotopic (exact) mass is 456 g/mol. The molecule has 1 unspecified atom stereocenters. The van der Waals surface area contributed by atoms with E-state index in [1.807, 2.05) is 11.6 Å². The Hall–Kier alpha value is -3.50. The summed E-state index contributed by atoms with van der Waals surface area (Å²) in [6, 6.07) is 5.88. The Kier molecular flexibility index (Phi) is 3.97. The second-order valence-corrected chi connectivity index (χ2v) is 9.81. The lowest BCUT2D eigenvalue weighted by molar-refractivity contribution is 0.476. The lowest BCUT2D eigenvalue weighted by Crippen LogP contribution is -2.14. The number of aryl methyl sites for hydroxylation is 1. The van der Waals surface area contributed by atoms with E-state index in [1.54, 1.807) is 0 Å². The Bertz CT molecular complexity index is 1570. The molecule has 2 saturated carbocycles. The minimum atomic E-state index is -0.570. The molecule has 1 saturated heterocycles. The van der Waals surface area contributed by atoms with Gasteiger partial charge >= 0.3 is 0 Å². The fourth-order valence-electron chi connectivity index (χ4n) is 5.98. The summed E-state index contributed by atoms with van der Waals surface area (Å²) in [6.07, 6.45) is 7.57. The molecule has 4 aromatic rings. The van der Waals surface area contributed by atoms with Gasteiger partial charge in [-0.3, -0.25) is 4.68 Å². The fourth-order valence-corrected chi connectivity index (χ4v) is 5.98. The van der Waals surface area contributed by atoms with Gasteiger partial charge in [-0.25, -0.2) is 13.8 Å². The molecule has 2 N–H and O–H groups in total. The van der Waals surface area contributed by atoms with Crippen LogP contribution < -0.4 is 5.32 Å². The van der Waals surface area contributed by atoms with Crippen molar-refractivity contribution in [3.63, 3.8) is 0 Å². The normalized spacial score (nSPS) is 23.4. The first-order valence-corrected chi connectivity index (χ1v) is 11.7. The van der Waals surface area contributed by atoms with E-state index in [0.29, 0.717) is 39.7 Å². The van der Waals surface area contributed by atoms with E-state index in [0.717, 1.165) is 37.0 Å². The largest absolute Gasteiger partial charge is 0.508 e. The molecular weight excluding hydrogens is 434 g/mol. The van der Waals surface area contributed by atoms with Crippen molar-refractivity contribution in [2.24, 2.45) is 11.8 Å². The van der Waals surface area contributed by atoms with Gasteiger partial charge in [0.2, 0.25) is 0 Å². The highest BCUT2D eigenvalue weighted by atomic mass is 19.1. The SMILES string of the molecule is C#Cc1c(F)ccc2cc(O)cc(-c3nc(C)c4c(C5[C@H]6CNC[C@@H]56)nn(C5CC5)c4c3F)c12. The highest BCUT2D eigenvalue weighted by Crippen LogP contribution is 2.57. The number of nitrogens with one attached hydrogen (secondary N) is 1. The molecule has 34 heavy (non-hydrogen) atoms. The summed E-state index contributed by atoms with van der Waals surface area (Å²) in [5.41, 5.74) is 2.45. The molecular formula is C27H22F2N4O. The van der Waals surface area contributed by atoms with Crippen molar-refractivity contribution in [2.45, 2.75) is 31.7 Å². The van der Waals surface area contributed by atoms with Gasteiger partial charge in [0, 0.05) is 27.9 Å². The van der Waals surface area contributed by atoms with Crippen LogP contribution in [0.4, 0.5) is 8.78 Å². The molecule has 7 rings (SSSR count). The molecule has 2 aromatic heterocycles. The van der Waals surface area contributed by atoms with Gasteiger partial charge < -0.3 is 10.4 Å². The molecule has 3 fully saturated rings. The third-order valence-corrected chi connectivity index (χ3v) is 7.75. The number of hydrogen-bond acceptors (Lipinski definition) is 4. The van der Waals surface area contributed by atoms with E-state index in [-0.39, 0.29) is 28.6 Å². The van der Waals surface area contributed by atoms with Crippen LogP contribution in [0.2, 0.25) is 0 Å². The fraction of sp³-hybridized carbons (Fsp3) is 0.333. The lowest BCUT2D eigenvalue weighted by Gasteiger charge is -2.13. The predicted octanol–water partition coefficient (Wildman–Crippen LogP) is 4.79. The molecule has 5 nitrogen and oxygen atoms in total.